The first-order valence-corrected chi connectivity index (χ1v) is 7.21. The molecule has 0 aliphatic rings. The molecule has 4 rings (SSSR count). The highest BCUT2D eigenvalue weighted by Gasteiger charge is 2.15. The number of benzene rings is 3. The van der Waals surface area contributed by atoms with Crippen molar-refractivity contribution in [3.63, 3.8) is 0 Å². The zero-order valence-electron chi connectivity index (χ0n) is 12.0. The maximum atomic E-state index is 13.4. The zero-order valence-corrected chi connectivity index (χ0v) is 12.0. The summed E-state index contributed by atoms with van der Waals surface area (Å²) in [5, 5.41) is 20.4. The lowest BCUT2D eigenvalue weighted by molar-refractivity contribution is 0.426. The van der Waals surface area contributed by atoms with Crippen LogP contribution in [0.2, 0.25) is 0 Å². The zero-order chi connectivity index (χ0) is 16.0. The van der Waals surface area contributed by atoms with Gasteiger partial charge in [-0.25, -0.2) is 4.39 Å². The molecule has 0 spiro atoms. The number of hydrogen-bond donors (Lipinski definition) is 2. The second kappa shape index (κ2) is 5.23. The Balaban J connectivity index is 2.00. The molecule has 0 unspecified atom stereocenters. The Labute approximate surface area is 131 Å². The van der Waals surface area contributed by atoms with Crippen molar-refractivity contribution in [1.82, 2.24) is 0 Å². The van der Waals surface area contributed by atoms with Crippen LogP contribution in [0, 0.1) is 5.82 Å². The molecule has 2 N–H and O–H groups in total. The molecule has 0 aliphatic heterocycles. The number of rotatable bonds is 2. The fourth-order valence-corrected chi connectivity index (χ4v) is 2.87. The number of furan rings is 1. The molecule has 0 bridgehead atoms. The molecule has 23 heavy (non-hydrogen) atoms. The molecule has 3 aromatic carbocycles. The van der Waals surface area contributed by atoms with E-state index in [4.69, 9.17) is 4.42 Å². The van der Waals surface area contributed by atoms with Crippen LogP contribution in [0.1, 0.15) is 0 Å². The van der Waals surface area contributed by atoms with E-state index in [1.54, 1.807) is 24.3 Å². The monoisotopic (exact) mass is 306 g/mol. The van der Waals surface area contributed by atoms with Gasteiger partial charge in [-0.15, -0.1) is 0 Å². The van der Waals surface area contributed by atoms with Crippen LogP contribution in [0.4, 0.5) is 4.39 Å². The van der Waals surface area contributed by atoms with Crippen molar-refractivity contribution < 1.29 is 18.9 Å². The first-order chi connectivity index (χ1) is 11.1. The third-order valence-corrected chi connectivity index (χ3v) is 3.96. The standard InChI is InChI=1S/C18H12BFO3/c20-13-7-8-15-16-6-2-5-14(18(16)23-17(15)10-13)11-3-1-4-12(9-11)19(21)22/h1-10,21-22H. The Bertz CT molecular complexity index is 1020. The fourth-order valence-electron chi connectivity index (χ4n) is 2.87. The fraction of sp³-hybridized carbons (Fsp3) is 0. The molecule has 4 aromatic rings. The lowest BCUT2D eigenvalue weighted by Crippen LogP contribution is -2.29. The molecule has 1 aromatic heterocycles. The minimum atomic E-state index is -1.53. The number of hydrogen-bond acceptors (Lipinski definition) is 3. The smallest absolute Gasteiger partial charge is 0.455 e. The van der Waals surface area contributed by atoms with E-state index in [0.717, 1.165) is 21.9 Å². The van der Waals surface area contributed by atoms with E-state index in [9.17, 15) is 14.4 Å². The third kappa shape index (κ3) is 2.30. The molecule has 0 saturated heterocycles. The van der Waals surface area contributed by atoms with E-state index < -0.39 is 7.12 Å². The number of fused-ring (bicyclic) bond motifs is 3. The van der Waals surface area contributed by atoms with Crippen molar-refractivity contribution in [3.8, 4) is 11.1 Å². The number of para-hydroxylation sites is 1. The van der Waals surface area contributed by atoms with Crippen molar-refractivity contribution >= 4 is 34.5 Å². The summed E-state index contributed by atoms with van der Waals surface area (Å²) in [5.74, 6) is -0.344. The molecule has 5 heteroatoms. The molecule has 112 valence electrons. The van der Waals surface area contributed by atoms with Gasteiger partial charge in [-0.2, -0.15) is 0 Å². The second-order valence-electron chi connectivity index (χ2n) is 5.42. The van der Waals surface area contributed by atoms with E-state index in [2.05, 4.69) is 0 Å². The molecule has 0 atom stereocenters. The summed E-state index contributed by atoms with van der Waals surface area (Å²) in [6.45, 7) is 0. The average molecular weight is 306 g/mol. The van der Waals surface area contributed by atoms with Crippen LogP contribution in [0.25, 0.3) is 33.1 Å². The van der Waals surface area contributed by atoms with E-state index in [0.29, 0.717) is 16.6 Å². The molecule has 0 aliphatic carbocycles. The molecule has 0 saturated carbocycles. The van der Waals surface area contributed by atoms with Gasteiger partial charge in [-0.1, -0.05) is 42.5 Å². The summed E-state index contributed by atoms with van der Waals surface area (Å²) in [5.41, 5.74) is 3.17. The summed E-state index contributed by atoms with van der Waals surface area (Å²) >= 11 is 0. The quantitative estimate of drug-likeness (QED) is 0.560. The average Bonchev–Trinajstić information content (AvgIpc) is 2.92. The second-order valence-corrected chi connectivity index (χ2v) is 5.42. The molecule has 0 amide bonds. The molecule has 1 heterocycles. The molecular formula is C18H12BFO3. The summed E-state index contributed by atoms with van der Waals surface area (Å²) in [7, 11) is -1.53. The Kier molecular flexibility index (Phi) is 3.18. The normalized spacial score (nSPS) is 11.3. The third-order valence-electron chi connectivity index (χ3n) is 3.96. The summed E-state index contributed by atoms with van der Waals surface area (Å²) < 4.78 is 19.3. The Hall–Kier alpha value is -2.63. The van der Waals surface area contributed by atoms with Gasteiger partial charge in [0, 0.05) is 22.4 Å². The van der Waals surface area contributed by atoms with E-state index in [1.165, 1.54) is 12.1 Å². The van der Waals surface area contributed by atoms with Gasteiger partial charge in [-0.05, 0) is 23.2 Å². The van der Waals surface area contributed by atoms with Gasteiger partial charge < -0.3 is 14.5 Å². The van der Waals surface area contributed by atoms with Crippen LogP contribution in [-0.4, -0.2) is 17.2 Å². The largest absolute Gasteiger partial charge is 0.488 e. The van der Waals surface area contributed by atoms with Crippen LogP contribution < -0.4 is 5.46 Å². The van der Waals surface area contributed by atoms with Gasteiger partial charge in [0.15, 0.2) is 0 Å². The Morgan fingerprint density at radius 2 is 1.70 bits per heavy atom. The molecule has 0 radical (unpaired) electrons. The highest BCUT2D eigenvalue weighted by Crippen LogP contribution is 2.35. The first-order valence-electron chi connectivity index (χ1n) is 7.21. The lowest BCUT2D eigenvalue weighted by Gasteiger charge is -2.05. The van der Waals surface area contributed by atoms with E-state index in [1.807, 2.05) is 24.3 Å². The van der Waals surface area contributed by atoms with Gasteiger partial charge in [0.25, 0.3) is 0 Å². The van der Waals surface area contributed by atoms with Crippen molar-refractivity contribution in [3.05, 3.63) is 66.5 Å². The topological polar surface area (TPSA) is 53.6 Å². The highest BCUT2D eigenvalue weighted by molar-refractivity contribution is 6.58. The maximum absolute atomic E-state index is 13.4. The number of halogens is 1. The van der Waals surface area contributed by atoms with Crippen molar-refractivity contribution in [2.75, 3.05) is 0 Å². The molecule has 0 fully saturated rings. The van der Waals surface area contributed by atoms with Crippen LogP contribution in [0.15, 0.2) is 65.1 Å². The summed E-state index contributed by atoms with van der Waals surface area (Å²) in [6, 6.07) is 17.2. The maximum Gasteiger partial charge on any atom is 0.488 e. The van der Waals surface area contributed by atoms with Gasteiger partial charge in [0.1, 0.15) is 17.0 Å². The Morgan fingerprint density at radius 1 is 0.870 bits per heavy atom. The van der Waals surface area contributed by atoms with Gasteiger partial charge in [0.05, 0.1) is 0 Å². The van der Waals surface area contributed by atoms with E-state index >= 15 is 0 Å². The minimum Gasteiger partial charge on any atom is -0.455 e. The lowest BCUT2D eigenvalue weighted by atomic mass is 9.79. The van der Waals surface area contributed by atoms with Crippen LogP contribution in [0.5, 0.6) is 0 Å². The minimum absolute atomic E-state index is 0.344. The molecular weight excluding hydrogens is 294 g/mol. The predicted molar refractivity (Wildman–Crippen MR) is 88.9 cm³/mol. The van der Waals surface area contributed by atoms with Crippen molar-refractivity contribution in [1.29, 1.82) is 0 Å². The van der Waals surface area contributed by atoms with Crippen molar-refractivity contribution in [2.45, 2.75) is 0 Å². The SMILES string of the molecule is OB(O)c1cccc(-c2cccc3c2oc2cc(F)ccc23)c1. The predicted octanol–water partition coefficient (Wildman–Crippen LogP) is 3.07. The molecule has 3 nitrogen and oxygen atoms in total. The summed E-state index contributed by atoms with van der Waals surface area (Å²) in [6.07, 6.45) is 0. The van der Waals surface area contributed by atoms with Crippen LogP contribution >= 0.6 is 0 Å². The van der Waals surface area contributed by atoms with Gasteiger partial charge in [-0.3, -0.25) is 0 Å². The Morgan fingerprint density at radius 3 is 2.52 bits per heavy atom. The van der Waals surface area contributed by atoms with E-state index in [-0.39, 0.29) is 5.82 Å². The van der Waals surface area contributed by atoms with Crippen LogP contribution in [-0.2, 0) is 0 Å². The summed E-state index contributed by atoms with van der Waals surface area (Å²) in [4.78, 5) is 0. The van der Waals surface area contributed by atoms with Gasteiger partial charge >= 0.3 is 7.12 Å². The highest BCUT2D eigenvalue weighted by atomic mass is 19.1. The van der Waals surface area contributed by atoms with Crippen molar-refractivity contribution in [2.24, 2.45) is 0 Å². The van der Waals surface area contributed by atoms with Gasteiger partial charge in [0.2, 0.25) is 0 Å². The van der Waals surface area contributed by atoms with Crippen LogP contribution in [0.3, 0.4) is 0 Å². The first kappa shape index (κ1) is 14.0.